The maximum Gasteiger partial charge on any atom is 0.242 e. The minimum absolute atomic E-state index is 0.266. The molecule has 5 heteroatoms. The Bertz CT molecular complexity index is 692. The maximum atomic E-state index is 12.7. The van der Waals surface area contributed by atoms with Crippen LogP contribution >= 0.6 is 11.3 Å². The summed E-state index contributed by atoms with van der Waals surface area (Å²) >= 11 is 1.81. The molecule has 3 heterocycles. The number of carbonyl (C=O) groups excluding carboxylic acids is 1. The third-order valence-corrected chi connectivity index (χ3v) is 5.86. The van der Waals surface area contributed by atoms with E-state index in [9.17, 15) is 4.79 Å². The van der Waals surface area contributed by atoms with E-state index in [2.05, 4.69) is 51.6 Å². The topological polar surface area (TPSA) is 26.8 Å². The van der Waals surface area contributed by atoms with Crippen LogP contribution < -0.4 is 4.90 Å². The van der Waals surface area contributed by atoms with Crippen LogP contribution in [0.3, 0.4) is 0 Å². The van der Waals surface area contributed by atoms with Crippen molar-refractivity contribution in [2.75, 3.05) is 44.2 Å². The predicted molar refractivity (Wildman–Crippen MR) is 98.5 cm³/mol. The van der Waals surface area contributed by atoms with Crippen LogP contribution in [0.25, 0.3) is 0 Å². The Balaban J connectivity index is 1.29. The lowest BCUT2D eigenvalue weighted by Gasteiger charge is -2.35. The molecular formula is C19H23N3OS. The van der Waals surface area contributed by atoms with E-state index in [-0.39, 0.29) is 5.91 Å². The van der Waals surface area contributed by atoms with Gasteiger partial charge in [-0.15, -0.1) is 11.3 Å². The molecule has 0 saturated carbocycles. The van der Waals surface area contributed by atoms with Gasteiger partial charge in [0.05, 0.1) is 6.54 Å². The second kappa shape index (κ2) is 6.95. The van der Waals surface area contributed by atoms with Gasteiger partial charge in [0, 0.05) is 49.8 Å². The highest BCUT2D eigenvalue weighted by atomic mass is 32.1. The largest absolute Gasteiger partial charge is 0.362 e. The monoisotopic (exact) mass is 341 g/mol. The molecule has 1 aromatic heterocycles. The molecule has 1 fully saturated rings. The third-order valence-electron chi connectivity index (χ3n) is 4.99. The molecule has 4 nitrogen and oxygen atoms in total. The first-order valence-electron chi connectivity index (χ1n) is 8.65. The Labute approximate surface area is 147 Å². The van der Waals surface area contributed by atoms with Gasteiger partial charge < -0.3 is 9.80 Å². The van der Waals surface area contributed by atoms with Gasteiger partial charge in [0.2, 0.25) is 5.91 Å². The minimum Gasteiger partial charge on any atom is -0.362 e. The summed E-state index contributed by atoms with van der Waals surface area (Å²) < 4.78 is 0. The number of benzene rings is 1. The molecule has 0 aliphatic carbocycles. The average Bonchev–Trinajstić information content (AvgIpc) is 3.26. The fourth-order valence-electron chi connectivity index (χ4n) is 3.61. The van der Waals surface area contributed by atoms with Gasteiger partial charge in [0.1, 0.15) is 0 Å². The van der Waals surface area contributed by atoms with E-state index in [1.54, 1.807) is 0 Å². The summed E-state index contributed by atoms with van der Waals surface area (Å²) in [5.74, 6) is 0.266. The molecule has 0 bridgehead atoms. The number of nitrogens with zero attached hydrogens (tertiary/aromatic N) is 3. The fourth-order valence-corrected chi connectivity index (χ4v) is 4.36. The highest BCUT2D eigenvalue weighted by Crippen LogP contribution is 2.27. The fraction of sp³-hybridized carbons (Fsp3) is 0.421. The lowest BCUT2D eigenvalue weighted by Crippen LogP contribution is -2.50. The molecule has 0 unspecified atom stereocenters. The van der Waals surface area contributed by atoms with Crippen molar-refractivity contribution in [3.63, 3.8) is 0 Å². The van der Waals surface area contributed by atoms with Crippen molar-refractivity contribution in [3.05, 3.63) is 52.2 Å². The third kappa shape index (κ3) is 3.32. The van der Waals surface area contributed by atoms with Crippen molar-refractivity contribution in [1.82, 2.24) is 9.80 Å². The molecule has 1 aromatic carbocycles. The number of thiophene rings is 1. The molecule has 4 rings (SSSR count). The first-order valence-corrected chi connectivity index (χ1v) is 9.53. The number of amides is 1. The number of piperazine rings is 1. The van der Waals surface area contributed by atoms with Gasteiger partial charge in [-0.3, -0.25) is 9.69 Å². The first-order chi connectivity index (χ1) is 11.8. The molecule has 126 valence electrons. The van der Waals surface area contributed by atoms with Crippen LogP contribution in [-0.2, 0) is 17.8 Å². The van der Waals surface area contributed by atoms with E-state index < -0.39 is 0 Å². The Kier molecular flexibility index (Phi) is 4.54. The minimum atomic E-state index is 0.266. The van der Waals surface area contributed by atoms with Gasteiger partial charge in [-0.25, -0.2) is 0 Å². The SMILES string of the molecule is O=C(CN1CCc2ccccc21)N1CCN(Cc2cccs2)CC1. The van der Waals surface area contributed by atoms with E-state index in [0.29, 0.717) is 6.54 Å². The smallest absolute Gasteiger partial charge is 0.242 e. The molecule has 2 aliphatic heterocycles. The van der Waals surface area contributed by atoms with Gasteiger partial charge in [0.25, 0.3) is 0 Å². The average molecular weight is 341 g/mol. The van der Waals surface area contributed by atoms with Crippen molar-refractivity contribution in [3.8, 4) is 0 Å². The number of hydrogen-bond donors (Lipinski definition) is 0. The molecule has 1 saturated heterocycles. The quantitative estimate of drug-likeness (QED) is 0.855. The van der Waals surface area contributed by atoms with Crippen LogP contribution in [0, 0.1) is 0 Å². The van der Waals surface area contributed by atoms with E-state index in [1.807, 2.05) is 16.2 Å². The van der Waals surface area contributed by atoms with Gasteiger partial charge in [0.15, 0.2) is 0 Å². The molecule has 0 spiro atoms. The molecule has 0 N–H and O–H groups in total. The molecule has 24 heavy (non-hydrogen) atoms. The van der Waals surface area contributed by atoms with Gasteiger partial charge in [-0.2, -0.15) is 0 Å². The van der Waals surface area contributed by atoms with Crippen LogP contribution in [-0.4, -0.2) is 55.0 Å². The predicted octanol–water partition coefficient (Wildman–Crippen LogP) is 2.46. The summed E-state index contributed by atoms with van der Waals surface area (Å²) in [5, 5.41) is 2.13. The molecule has 0 atom stereocenters. The second-order valence-corrected chi connectivity index (χ2v) is 7.57. The zero-order chi connectivity index (χ0) is 16.4. The summed E-state index contributed by atoms with van der Waals surface area (Å²) in [6.45, 7) is 6.13. The van der Waals surface area contributed by atoms with Crippen LogP contribution in [0.2, 0.25) is 0 Å². The zero-order valence-electron chi connectivity index (χ0n) is 13.9. The van der Waals surface area contributed by atoms with Crippen molar-refractivity contribution in [2.45, 2.75) is 13.0 Å². The number of hydrogen-bond acceptors (Lipinski definition) is 4. The maximum absolute atomic E-state index is 12.7. The van der Waals surface area contributed by atoms with E-state index in [4.69, 9.17) is 0 Å². The number of rotatable bonds is 4. The summed E-state index contributed by atoms with van der Waals surface area (Å²) in [6.07, 6.45) is 1.05. The van der Waals surface area contributed by atoms with Gasteiger partial charge >= 0.3 is 0 Å². The highest BCUT2D eigenvalue weighted by molar-refractivity contribution is 7.09. The zero-order valence-corrected chi connectivity index (χ0v) is 14.7. The summed E-state index contributed by atoms with van der Waals surface area (Å²) in [5.41, 5.74) is 2.60. The van der Waals surface area contributed by atoms with E-state index >= 15 is 0 Å². The van der Waals surface area contributed by atoms with Crippen molar-refractivity contribution < 1.29 is 4.79 Å². The number of fused-ring (bicyclic) bond motifs is 1. The van der Waals surface area contributed by atoms with Crippen molar-refractivity contribution in [2.24, 2.45) is 0 Å². The first kappa shape index (κ1) is 15.7. The highest BCUT2D eigenvalue weighted by Gasteiger charge is 2.25. The van der Waals surface area contributed by atoms with Crippen LogP contribution in [0.4, 0.5) is 5.69 Å². The van der Waals surface area contributed by atoms with Crippen molar-refractivity contribution >= 4 is 22.9 Å². The lowest BCUT2D eigenvalue weighted by atomic mass is 10.2. The van der Waals surface area contributed by atoms with Crippen LogP contribution in [0.5, 0.6) is 0 Å². The van der Waals surface area contributed by atoms with Gasteiger partial charge in [-0.05, 0) is 29.5 Å². The molecule has 2 aromatic rings. The Morgan fingerprint density at radius 1 is 1.00 bits per heavy atom. The van der Waals surface area contributed by atoms with E-state index in [0.717, 1.165) is 45.7 Å². The molecule has 2 aliphatic rings. The lowest BCUT2D eigenvalue weighted by molar-refractivity contribution is -0.131. The van der Waals surface area contributed by atoms with Crippen LogP contribution in [0.15, 0.2) is 41.8 Å². The number of para-hydroxylation sites is 1. The number of carbonyl (C=O) groups is 1. The Morgan fingerprint density at radius 3 is 2.62 bits per heavy atom. The Hall–Kier alpha value is -1.85. The molecule has 0 radical (unpaired) electrons. The number of anilines is 1. The van der Waals surface area contributed by atoms with Gasteiger partial charge in [-0.1, -0.05) is 24.3 Å². The Morgan fingerprint density at radius 2 is 1.83 bits per heavy atom. The van der Waals surface area contributed by atoms with Crippen LogP contribution in [0.1, 0.15) is 10.4 Å². The molecular weight excluding hydrogens is 318 g/mol. The van der Waals surface area contributed by atoms with Crippen molar-refractivity contribution in [1.29, 1.82) is 0 Å². The summed E-state index contributed by atoms with van der Waals surface area (Å²) in [6, 6.07) is 12.7. The normalized spacial score (nSPS) is 18.0. The standard InChI is InChI=1S/C19H23N3OS/c23-19(15-22-8-7-16-4-1-2-6-18(16)22)21-11-9-20(10-12-21)14-17-5-3-13-24-17/h1-6,13H,7-12,14-15H2. The molecule has 1 amide bonds. The van der Waals surface area contributed by atoms with E-state index in [1.165, 1.54) is 16.1 Å². The second-order valence-electron chi connectivity index (χ2n) is 6.54. The summed E-state index contributed by atoms with van der Waals surface area (Å²) in [7, 11) is 0. The summed E-state index contributed by atoms with van der Waals surface area (Å²) in [4.78, 5) is 20.8.